The molecule has 0 aliphatic carbocycles. The summed E-state index contributed by atoms with van der Waals surface area (Å²) >= 11 is 5.86. The largest absolute Gasteiger partial charge is 0.378 e. The summed E-state index contributed by atoms with van der Waals surface area (Å²) in [5.41, 5.74) is -0.263. The molecule has 1 N–H and O–H groups in total. The Morgan fingerprint density at radius 3 is 2.84 bits per heavy atom. The Kier molecular flexibility index (Phi) is 4.82. The van der Waals surface area contributed by atoms with Crippen molar-refractivity contribution in [3.05, 3.63) is 31.6 Å². The lowest BCUT2D eigenvalue weighted by Gasteiger charge is -2.22. The van der Waals surface area contributed by atoms with Crippen molar-refractivity contribution >= 4 is 11.6 Å². The third-order valence-electron chi connectivity index (χ3n) is 3.53. The molecule has 1 saturated heterocycles. The van der Waals surface area contributed by atoms with Crippen molar-refractivity contribution in [2.24, 2.45) is 0 Å². The van der Waals surface area contributed by atoms with Crippen LogP contribution in [0.4, 0.5) is 0 Å². The van der Waals surface area contributed by atoms with Gasteiger partial charge in [-0.2, -0.15) is 0 Å². The molecule has 1 aliphatic heterocycles. The van der Waals surface area contributed by atoms with Gasteiger partial charge in [0.15, 0.2) is 0 Å². The van der Waals surface area contributed by atoms with Gasteiger partial charge in [0.2, 0.25) is 0 Å². The third kappa shape index (κ3) is 3.28. The van der Waals surface area contributed by atoms with Crippen LogP contribution in [-0.2, 0) is 17.7 Å². The Bertz CT molecular complexity index is 544. The summed E-state index contributed by atoms with van der Waals surface area (Å²) in [6.07, 6.45) is 4.60. The smallest absolute Gasteiger partial charge is 0.329 e. The van der Waals surface area contributed by atoms with Crippen molar-refractivity contribution in [2.45, 2.75) is 51.7 Å². The zero-order valence-electron chi connectivity index (χ0n) is 11.1. The average molecular weight is 287 g/mol. The maximum atomic E-state index is 12.1. The number of nitrogens with one attached hydrogen (secondary N) is 1. The van der Waals surface area contributed by atoms with E-state index < -0.39 is 5.69 Å². The van der Waals surface area contributed by atoms with Gasteiger partial charge in [-0.05, 0) is 32.1 Å². The molecule has 6 heteroatoms. The minimum absolute atomic E-state index is 0.154. The van der Waals surface area contributed by atoms with Gasteiger partial charge in [-0.25, -0.2) is 4.79 Å². The van der Waals surface area contributed by atoms with Crippen LogP contribution in [0.15, 0.2) is 9.59 Å². The fourth-order valence-electron chi connectivity index (χ4n) is 2.40. The van der Waals surface area contributed by atoms with Crippen LogP contribution in [0, 0.1) is 0 Å². The molecule has 2 heterocycles. The van der Waals surface area contributed by atoms with E-state index in [1.807, 2.05) is 6.92 Å². The lowest BCUT2D eigenvalue weighted by Crippen LogP contribution is -2.38. The maximum Gasteiger partial charge on any atom is 0.329 e. The quantitative estimate of drug-likeness (QED) is 0.857. The van der Waals surface area contributed by atoms with Crippen LogP contribution >= 0.6 is 11.6 Å². The molecule has 1 aromatic rings. The normalized spacial score (nSPS) is 19.6. The molecule has 19 heavy (non-hydrogen) atoms. The monoisotopic (exact) mass is 286 g/mol. The summed E-state index contributed by atoms with van der Waals surface area (Å²) in [5.74, 6) is 0. The molecule has 106 valence electrons. The van der Waals surface area contributed by atoms with Gasteiger partial charge in [0.25, 0.3) is 5.56 Å². The van der Waals surface area contributed by atoms with Crippen LogP contribution in [0.2, 0.25) is 5.15 Å². The summed E-state index contributed by atoms with van der Waals surface area (Å²) in [6.45, 7) is 3.00. The minimum Gasteiger partial charge on any atom is -0.378 e. The van der Waals surface area contributed by atoms with Crippen LogP contribution in [0.1, 0.15) is 38.2 Å². The molecule has 1 aliphatic rings. The molecule has 2 rings (SSSR count). The highest BCUT2D eigenvalue weighted by molar-refractivity contribution is 6.30. The van der Waals surface area contributed by atoms with E-state index in [-0.39, 0.29) is 16.8 Å². The Hall–Kier alpha value is -1.07. The van der Waals surface area contributed by atoms with E-state index in [1.54, 1.807) is 0 Å². The first kappa shape index (κ1) is 14.3. The van der Waals surface area contributed by atoms with Crippen LogP contribution in [0.3, 0.4) is 0 Å². The predicted molar refractivity (Wildman–Crippen MR) is 73.9 cm³/mol. The molecule has 0 spiro atoms. The highest BCUT2D eigenvalue weighted by Crippen LogP contribution is 2.15. The first-order valence-corrected chi connectivity index (χ1v) is 7.14. The molecule has 0 amide bonds. The summed E-state index contributed by atoms with van der Waals surface area (Å²) in [4.78, 5) is 26.4. The molecular formula is C13H19ClN2O3. The van der Waals surface area contributed by atoms with Crippen molar-refractivity contribution in [2.75, 3.05) is 6.61 Å². The first-order chi connectivity index (χ1) is 9.13. The number of aromatic nitrogens is 2. The third-order valence-corrected chi connectivity index (χ3v) is 3.85. The second kappa shape index (κ2) is 6.39. The van der Waals surface area contributed by atoms with Gasteiger partial charge >= 0.3 is 5.69 Å². The van der Waals surface area contributed by atoms with Crippen molar-refractivity contribution in [3.63, 3.8) is 0 Å². The molecule has 1 atom stereocenters. The topological polar surface area (TPSA) is 64.1 Å². The van der Waals surface area contributed by atoms with E-state index in [1.165, 1.54) is 4.57 Å². The van der Waals surface area contributed by atoms with Crippen molar-refractivity contribution in [3.8, 4) is 0 Å². The molecular weight excluding hydrogens is 268 g/mol. The predicted octanol–water partition coefficient (Wildman–Crippen LogP) is 1.71. The number of ether oxygens (including phenoxy) is 1. The highest BCUT2D eigenvalue weighted by atomic mass is 35.5. The molecule has 0 radical (unpaired) electrons. The van der Waals surface area contributed by atoms with E-state index >= 15 is 0 Å². The van der Waals surface area contributed by atoms with Gasteiger partial charge in [-0.1, -0.05) is 18.5 Å². The summed E-state index contributed by atoms with van der Waals surface area (Å²) in [5, 5.41) is 0.155. The van der Waals surface area contributed by atoms with E-state index in [2.05, 4.69) is 4.98 Å². The number of halogens is 1. The van der Waals surface area contributed by atoms with Crippen molar-refractivity contribution in [1.29, 1.82) is 0 Å². The Balaban J connectivity index is 2.15. The Morgan fingerprint density at radius 1 is 1.42 bits per heavy atom. The average Bonchev–Trinajstić information content (AvgIpc) is 2.39. The van der Waals surface area contributed by atoms with Crippen LogP contribution in [-0.4, -0.2) is 22.3 Å². The molecule has 1 unspecified atom stereocenters. The Morgan fingerprint density at radius 2 is 2.21 bits per heavy atom. The van der Waals surface area contributed by atoms with Crippen LogP contribution in [0.5, 0.6) is 0 Å². The fourth-order valence-corrected chi connectivity index (χ4v) is 2.70. The van der Waals surface area contributed by atoms with Crippen molar-refractivity contribution in [1.82, 2.24) is 9.55 Å². The van der Waals surface area contributed by atoms with Gasteiger partial charge in [-0.15, -0.1) is 0 Å². The molecule has 1 fully saturated rings. The van der Waals surface area contributed by atoms with E-state index in [0.29, 0.717) is 24.9 Å². The molecule has 0 bridgehead atoms. The fraction of sp³-hybridized carbons (Fsp3) is 0.692. The minimum atomic E-state index is -0.442. The second-order valence-corrected chi connectivity index (χ2v) is 5.19. The number of hydrogen-bond donors (Lipinski definition) is 1. The van der Waals surface area contributed by atoms with Gasteiger partial charge < -0.3 is 4.74 Å². The zero-order valence-corrected chi connectivity index (χ0v) is 11.8. The lowest BCUT2D eigenvalue weighted by molar-refractivity contribution is 0.00847. The molecule has 0 aromatic carbocycles. The highest BCUT2D eigenvalue weighted by Gasteiger charge is 2.16. The lowest BCUT2D eigenvalue weighted by atomic mass is 10.1. The summed E-state index contributed by atoms with van der Waals surface area (Å²) in [7, 11) is 0. The number of rotatable bonds is 4. The maximum absolute atomic E-state index is 12.1. The summed E-state index contributed by atoms with van der Waals surface area (Å²) in [6, 6.07) is 0. The van der Waals surface area contributed by atoms with E-state index in [4.69, 9.17) is 16.3 Å². The molecule has 1 aromatic heterocycles. The molecule has 0 saturated carbocycles. The molecule has 5 nitrogen and oxygen atoms in total. The van der Waals surface area contributed by atoms with E-state index in [9.17, 15) is 9.59 Å². The zero-order chi connectivity index (χ0) is 13.8. The van der Waals surface area contributed by atoms with E-state index in [0.717, 1.165) is 25.9 Å². The number of nitrogens with zero attached hydrogens (tertiary/aromatic N) is 1. The number of H-pyrrole nitrogens is 1. The van der Waals surface area contributed by atoms with Gasteiger partial charge in [0.05, 0.1) is 11.7 Å². The summed E-state index contributed by atoms with van der Waals surface area (Å²) < 4.78 is 6.83. The Labute approximate surface area is 116 Å². The van der Waals surface area contributed by atoms with Gasteiger partial charge in [0, 0.05) is 13.2 Å². The second-order valence-electron chi connectivity index (χ2n) is 4.81. The van der Waals surface area contributed by atoms with Gasteiger partial charge in [-0.3, -0.25) is 14.3 Å². The number of aromatic amines is 1. The first-order valence-electron chi connectivity index (χ1n) is 6.76. The van der Waals surface area contributed by atoms with Crippen LogP contribution < -0.4 is 11.2 Å². The SMILES string of the molecule is CCc1c(Cl)[nH]c(=O)n(CCC2CCCCO2)c1=O. The van der Waals surface area contributed by atoms with Crippen molar-refractivity contribution < 1.29 is 4.74 Å². The van der Waals surface area contributed by atoms with Gasteiger partial charge in [0.1, 0.15) is 5.15 Å². The number of hydrogen-bond acceptors (Lipinski definition) is 3. The van der Waals surface area contributed by atoms with Crippen LogP contribution in [0.25, 0.3) is 0 Å². The standard InChI is InChI=1S/C13H19ClN2O3/c1-2-10-11(14)15-13(18)16(12(10)17)7-6-9-5-3-4-8-19-9/h9H,2-8H2,1H3,(H,15,18).